The minimum atomic E-state index is -0.548. The quantitative estimate of drug-likeness (QED) is 0.631. The first-order valence-corrected chi connectivity index (χ1v) is 10.7. The summed E-state index contributed by atoms with van der Waals surface area (Å²) in [5.41, 5.74) is 3.24. The summed E-state index contributed by atoms with van der Waals surface area (Å²) in [6.45, 7) is 10.2. The van der Waals surface area contributed by atoms with Crippen LogP contribution in [0.3, 0.4) is 0 Å². The first kappa shape index (κ1) is 23.5. The number of hydrogen-bond donors (Lipinski definition) is 1. The number of ether oxygens (including phenoxy) is 1. The SMILES string of the molecule is CC[C@H](C)NC(=O)[C@H](CC)N(Cc1ccccc1C)C(=O)COc1ccc(C)cc1. The molecule has 0 spiro atoms. The van der Waals surface area contributed by atoms with E-state index >= 15 is 0 Å². The number of rotatable bonds is 10. The van der Waals surface area contributed by atoms with E-state index in [2.05, 4.69) is 5.32 Å². The van der Waals surface area contributed by atoms with Gasteiger partial charge in [-0.25, -0.2) is 0 Å². The van der Waals surface area contributed by atoms with Crippen molar-refractivity contribution in [3.05, 3.63) is 65.2 Å². The summed E-state index contributed by atoms with van der Waals surface area (Å²) < 4.78 is 5.73. The van der Waals surface area contributed by atoms with Crippen molar-refractivity contribution in [1.29, 1.82) is 0 Å². The molecular formula is C25H34N2O3. The number of benzene rings is 2. The van der Waals surface area contributed by atoms with Crippen LogP contribution < -0.4 is 10.1 Å². The van der Waals surface area contributed by atoms with Gasteiger partial charge in [0.25, 0.3) is 5.91 Å². The molecule has 0 saturated heterocycles. The molecule has 0 aliphatic carbocycles. The number of nitrogens with zero attached hydrogens (tertiary/aromatic N) is 1. The zero-order chi connectivity index (χ0) is 22.1. The highest BCUT2D eigenvalue weighted by molar-refractivity contribution is 5.88. The van der Waals surface area contributed by atoms with E-state index in [1.165, 1.54) is 0 Å². The molecule has 0 bridgehead atoms. The van der Waals surface area contributed by atoms with E-state index in [1.54, 1.807) is 4.90 Å². The predicted molar refractivity (Wildman–Crippen MR) is 120 cm³/mol. The molecule has 5 heteroatoms. The zero-order valence-corrected chi connectivity index (χ0v) is 18.8. The fraction of sp³-hybridized carbons (Fsp3) is 0.440. The molecule has 0 saturated carbocycles. The van der Waals surface area contributed by atoms with Crippen LogP contribution in [-0.4, -0.2) is 35.4 Å². The summed E-state index contributed by atoms with van der Waals surface area (Å²) in [6.07, 6.45) is 1.37. The van der Waals surface area contributed by atoms with Crippen LogP contribution in [0.15, 0.2) is 48.5 Å². The van der Waals surface area contributed by atoms with Crippen molar-refractivity contribution in [3.8, 4) is 5.75 Å². The fourth-order valence-electron chi connectivity index (χ4n) is 3.19. The minimum Gasteiger partial charge on any atom is -0.484 e. The van der Waals surface area contributed by atoms with Gasteiger partial charge >= 0.3 is 0 Å². The van der Waals surface area contributed by atoms with Gasteiger partial charge in [-0.1, -0.05) is 55.8 Å². The Hall–Kier alpha value is -2.82. The van der Waals surface area contributed by atoms with Gasteiger partial charge in [-0.05, 0) is 56.9 Å². The second kappa shape index (κ2) is 11.4. The van der Waals surface area contributed by atoms with Gasteiger partial charge in [0.2, 0.25) is 5.91 Å². The Morgan fingerprint density at radius 1 is 1.00 bits per heavy atom. The second-order valence-corrected chi connectivity index (χ2v) is 7.79. The number of aryl methyl sites for hydroxylation is 2. The molecule has 1 N–H and O–H groups in total. The number of amides is 2. The molecule has 2 aromatic rings. The molecule has 0 aliphatic heterocycles. The van der Waals surface area contributed by atoms with Gasteiger partial charge in [-0.15, -0.1) is 0 Å². The van der Waals surface area contributed by atoms with Crippen molar-refractivity contribution in [2.24, 2.45) is 0 Å². The molecule has 2 atom stereocenters. The summed E-state index contributed by atoms with van der Waals surface area (Å²) in [6, 6.07) is 15.0. The molecule has 0 heterocycles. The molecule has 5 nitrogen and oxygen atoms in total. The van der Waals surface area contributed by atoms with E-state index in [9.17, 15) is 9.59 Å². The normalized spacial score (nSPS) is 12.7. The second-order valence-electron chi connectivity index (χ2n) is 7.79. The van der Waals surface area contributed by atoms with Crippen LogP contribution in [0, 0.1) is 13.8 Å². The molecule has 0 unspecified atom stereocenters. The Balaban J connectivity index is 2.21. The first-order valence-electron chi connectivity index (χ1n) is 10.7. The van der Waals surface area contributed by atoms with Crippen molar-refractivity contribution < 1.29 is 14.3 Å². The largest absolute Gasteiger partial charge is 0.484 e. The topological polar surface area (TPSA) is 58.6 Å². The number of hydrogen-bond acceptors (Lipinski definition) is 3. The third kappa shape index (κ3) is 6.61. The van der Waals surface area contributed by atoms with E-state index in [0.717, 1.165) is 23.1 Å². The maximum absolute atomic E-state index is 13.2. The van der Waals surface area contributed by atoms with Gasteiger partial charge in [0.1, 0.15) is 11.8 Å². The van der Waals surface area contributed by atoms with E-state index in [4.69, 9.17) is 4.74 Å². The molecule has 0 aromatic heterocycles. The van der Waals surface area contributed by atoms with Crippen LogP contribution in [-0.2, 0) is 16.1 Å². The summed E-state index contributed by atoms with van der Waals surface area (Å²) in [4.78, 5) is 27.8. The van der Waals surface area contributed by atoms with Crippen LogP contribution in [0.1, 0.15) is 50.3 Å². The highest BCUT2D eigenvalue weighted by Crippen LogP contribution is 2.17. The smallest absolute Gasteiger partial charge is 0.261 e. The lowest BCUT2D eigenvalue weighted by Crippen LogP contribution is -2.51. The number of carbonyl (C=O) groups excluding carboxylic acids is 2. The molecular weight excluding hydrogens is 376 g/mol. The summed E-state index contributed by atoms with van der Waals surface area (Å²) in [5.74, 6) is 0.316. The van der Waals surface area contributed by atoms with Crippen LogP contribution in [0.4, 0.5) is 0 Å². The Morgan fingerprint density at radius 3 is 2.27 bits per heavy atom. The average molecular weight is 411 g/mol. The lowest BCUT2D eigenvalue weighted by Gasteiger charge is -2.31. The summed E-state index contributed by atoms with van der Waals surface area (Å²) in [5, 5.41) is 3.02. The molecule has 0 radical (unpaired) electrons. The average Bonchev–Trinajstić information content (AvgIpc) is 2.74. The van der Waals surface area contributed by atoms with Gasteiger partial charge in [0, 0.05) is 12.6 Å². The minimum absolute atomic E-state index is 0.0609. The lowest BCUT2D eigenvalue weighted by molar-refractivity contribution is -0.143. The van der Waals surface area contributed by atoms with Crippen molar-refractivity contribution in [2.45, 2.75) is 66.1 Å². The Kier molecular flexibility index (Phi) is 8.90. The maximum atomic E-state index is 13.2. The predicted octanol–water partition coefficient (Wildman–Crippen LogP) is 4.40. The van der Waals surface area contributed by atoms with Crippen LogP contribution >= 0.6 is 0 Å². The van der Waals surface area contributed by atoms with Crippen molar-refractivity contribution in [2.75, 3.05) is 6.61 Å². The van der Waals surface area contributed by atoms with E-state index in [0.29, 0.717) is 18.7 Å². The number of carbonyl (C=O) groups is 2. The molecule has 2 rings (SSSR count). The molecule has 162 valence electrons. The highest BCUT2D eigenvalue weighted by atomic mass is 16.5. The molecule has 0 aliphatic rings. The van der Waals surface area contributed by atoms with Gasteiger partial charge in [0.05, 0.1) is 0 Å². The third-order valence-corrected chi connectivity index (χ3v) is 5.37. The Bertz CT molecular complexity index is 833. The third-order valence-electron chi connectivity index (χ3n) is 5.37. The van der Waals surface area contributed by atoms with Crippen molar-refractivity contribution >= 4 is 11.8 Å². The van der Waals surface area contributed by atoms with Gasteiger partial charge in [-0.2, -0.15) is 0 Å². The lowest BCUT2D eigenvalue weighted by atomic mass is 10.1. The Labute approximate surface area is 180 Å². The fourth-order valence-corrected chi connectivity index (χ4v) is 3.19. The van der Waals surface area contributed by atoms with E-state index < -0.39 is 6.04 Å². The zero-order valence-electron chi connectivity index (χ0n) is 18.8. The van der Waals surface area contributed by atoms with Crippen molar-refractivity contribution in [3.63, 3.8) is 0 Å². The Morgan fingerprint density at radius 2 is 1.67 bits per heavy atom. The highest BCUT2D eigenvalue weighted by Gasteiger charge is 2.29. The standard InChI is InChI=1S/C25H34N2O3/c1-6-20(5)26-25(29)23(7-2)27(16-21-11-9-8-10-19(21)4)24(28)17-30-22-14-12-18(3)13-15-22/h8-15,20,23H,6-7,16-17H2,1-5H3,(H,26,29)/t20-,23-/m0/s1. The maximum Gasteiger partial charge on any atom is 0.261 e. The number of nitrogens with one attached hydrogen (secondary N) is 1. The first-order chi connectivity index (χ1) is 14.3. The van der Waals surface area contributed by atoms with E-state index in [1.807, 2.05) is 83.1 Å². The summed E-state index contributed by atoms with van der Waals surface area (Å²) >= 11 is 0. The van der Waals surface area contributed by atoms with Gasteiger partial charge < -0.3 is 15.0 Å². The molecule has 2 amide bonds. The van der Waals surface area contributed by atoms with Gasteiger partial charge in [-0.3, -0.25) is 9.59 Å². The van der Waals surface area contributed by atoms with Crippen LogP contribution in [0.2, 0.25) is 0 Å². The van der Waals surface area contributed by atoms with E-state index in [-0.39, 0.29) is 24.5 Å². The molecule has 0 fully saturated rings. The molecule has 30 heavy (non-hydrogen) atoms. The van der Waals surface area contributed by atoms with Crippen LogP contribution in [0.5, 0.6) is 5.75 Å². The molecule has 2 aromatic carbocycles. The van der Waals surface area contributed by atoms with Crippen LogP contribution in [0.25, 0.3) is 0 Å². The summed E-state index contributed by atoms with van der Waals surface area (Å²) in [7, 11) is 0. The van der Waals surface area contributed by atoms with Gasteiger partial charge in [0.15, 0.2) is 6.61 Å². The monoisotopic (exact) mass is 410 g/mol. The van der Waals surface area contributed by atoms with Crippen molar-refractivity contribution in [1.82, 2.24) is 10.2 Å².